The summed E-state index contributed by atoms with van der Waals surface area (Å²) < 4.78 is 64.7. The number of fused-ring (bicyclic) bond motifs is 2. The van der Waals surface area contributed by atoms with Gasteiger partial charge >= 0.3 is 6.18 Å². The number of benzene rings is 1. The van der Waals surface area contributed by atoms with Gasteiger partial charge in [-0.25, -0.2) is 9.37 Å². The van der Waals surface area contributed by atoms with Crippen LogP contribution in [0.5, 0.6) is 5.75 Å². The van der Waals surface area contributed by atoms with Crippen LogP contribution >= 0.6 is 0 Å². The Morgan fingerprint density at radius 1 is 1.35 bits per heavy atom. The average Bonchev–Trinajstić information content (AvgIpc) is 3.36. The van der Waals surface area contributed by atoms with Crippen molar-refractivity contribution < 1.29 is 31.8 Å². The molecule has 8 nitrogen and oxygen atoms in total. The zero-order valence-corrected chi connectivity index (χ0v) is 16.6. The van der Waals surface area contributed by atoms with Crippen molar-refractivity contribution in [2.45, 2.75) is 24.7 Å². The van der Waals surface area contributed by atoms with Gasteiger partial charge in [-0.15, -0.1) is 0 Å². The van der Waals surface area contributed by atoms with Crippen molar-refractivity contribution in [1.29, 1.82) is 0 Å². The maximum Gasteiger partial charge on any atom is 0.421 e. The topological polar surface area (TPSA) is 88.6 Å². The molecule has 1 aromatic carbocycles. The van der Waals surface area contributed by atoms with E-state index in [-0.39, 0.29) is 35.1 Å². The highest BCUT2D eigenvalue weighted by Gasteiger charge is 2.42. The van der Waals surface area contributed by atoms with Crippen molar-refractivity contribution in [2.24, 2.45) is 0 Å². The molecular formula is C19H19F4N5O3. The number of halogens is 4. The van der Waals surface area contributed by atoms with E-state index in [1.807, 2.05) is 0 Å². The highest BCUT2D eigenvalue weighted by Crippen LogP contribution is 2.37. The normalized spacial score (nSPS) is 20.1. The number of hydrogen-bond acceptors (Lipinski definition) is 7. The molecule has 2 N–H and O–H groups in total. The van der Waals surface area contributed by atoms with E-state index in [1.54, 1.807) is 4.90 Å². The summed E-state index contributed by atoms with van der Waals surface area (Å²) >= 11 is 0. The Labute approximate surface area is 174 Å². The van der Waals surface area contributed by atoms with E-state index in [0.29, 0.717) is 19.3 Å². The van der Waals surface area contributed by atoms with E-state index in [2.05, 4.69) is 20.6 Å². The molecule has 0 saturated carbocycles. The third-order valence-electron chi connectivity index (χ3n) is 5.27. The quantitative estimate of drug-likeness (QED) is 0.690. The fraction of sp³-hybridized carbons (Fsp3) is 0.421. The molecule has 2 aromatic rings. The molecule has 2 fully saturated rings. The maximum atomic E-state index is 15.1. The molecule has 12 heteroatoms. The Morgan fingerprint density at radius 3 is 2.71 bits per heavy atom. The van der Waals surface area contributed by atoms with Crippen LogP contribution in [0.2, 0.25) is 0 Å². The number of carbonyl (C=O) groups excluding carboxylic acids is 1. The minimum absolute atomic E-state index is 0.0296. The lowest BCUT2D eigenvalue weighted by atomic mass is 10.1. The zero-order valence-electron chi connectivity index (χ0n) is 16.6. The number of carbonyl (C=O) groups is 1. The number of rotatable bonds is 5. The maximum absolute atomic E-state index is 15.1. The number of nitrogens with zero attached hydrogens (tertiary/aromatic N) is 3. The smallest absolute Gasteiger partial charge is 0.421 e. The third-order valence-corrected chi connectivity index (χ3v) is 5.27. The minimum atomic E-state index is -4.64. The first kappa shape index (κ1) is 21.1. The lowest BCUT2D eigenvalue weighted by molar-refractivity contribution is -0.137. The Hall–Kier alpha value is -3.15. The lowest BCUT2D eigenvalue weighted by Gasteiger charge is -2.27. The predicted molar refractivity (Wildman–Crippen MR) is 102 cm³/mol. The van der Waals surface area contributed by atoms with Gasteiger partial charge in [0.05, 0.1) is 37.1 Å². The molecule has 0 radical (unpaired) electrons. The lowest BCUT2D eigenvalue weighted by Crippen LogP contribution is -2.41. The molecule has 3 heterocycles. The first-order valence-corrected chi connectivity index (χ1v) is 9.41. The van der Waals surface area contributed by atoms with Gasteiger partial charge in [-0.1, -0.05) is 0 Å². The second kappa shape index (κ2) is 7.84. The summed E-state index contributed by atoms with van der Waals surface area (Å²) in [5.74, 6) is -2.28. The van der Waals surface area contributed by atoms with E-state index in [1.165, 1.54) is 26.3 Å². The molecular weight excluding hydrogens is 422 g/mol. The van der Waals surface area contributed by atoms with E-state index >= 15 is 4.39 Å². The van der Waals surface area contributed by atoms with Gasteiger partial charge in [0.25, 0.3) is 5.91 Å². The first-order chi connectivity index (χ1) is 14.7. The van der Waals surface area contributed by atoms with Crippen molar-refractivity contribution in [3.05, 3.63) is 35.3 Å². The van der Waals surface area contributed by atoms with Gasteiger partial charge in [0.15, 0.2) is 11.6 Å². The van der Waals surface area contributed by atoms with Gasteiger partial charge < -0.3 is 25.0 Å². The summed E-state index contributed by atoms with van der Waals surface area (Å²) in [6.45, 7) is 0.825. The van der Waals surface area contributed by atoms with Gasteiger partial charge in [0, 0.05) is 19.8 Å². The predicted octanol–water partition coefficient (Wildman–Crippen LogP) is 3.04. The van der Waals surface area contributed by atoms with Crippen molar-refractivity contribution in [3.63, 3.8) is 0 Å². The Balaban J connectivity index is 1.61. The van der Waals surface area contributed by atoms with Crippen molar-refractivity contribution in [2.75, 3.05) is 37.9 Å². The molecule has 2 atom stereocenters. The first-order valence-electron chi connectivity index (χ1n) is 9.41. The zero-order chi connectivity index (χ0) is 22.3. The molecule has 2 bridgehead atoms. The summed E-state index contributed by atoms with van der Waals surface area (Å²) in [5.41, 5.74) is -1.15. The van der Waals surface area contributed by atoms with Crippen LogP contribution in [0.25, 0.3) is 0 Å². The number of amides is 1. The molecule has 166 valence electrons. The fourth-order valence-electron chi connectivity index (χ4n) is 3.78. The van der Waals surface area contributed by atoms with Gasteiger partial charge in [0.2, 0.25) is 5.95 Å². The van der Waals surface area contributed by atoms with Crippen molar-refractivity contribution in [1.82, 2.24) is 14.9 Å². The van der Waals surface area contributed by atoms with Gasteiger partial charge in [-0.3, -0.25) is 4.79 Å². The Kier molecular flexibility index (Phi) is 5.33. The number of methoxy groups -OCH3 is 1. The minimum Gasteiger partial charge on any atom is -0.492 e. The van der Waals surface area contributed by atoms with Gasteiger partial charge in [-0.05, 0) is 18.6 Å². The van der Waals surface area contributed by atoms with Crippen LogP contribution in [0.15, 0.2) is 18.3 Å². The fourth-order valence-corrected chi connectivity index (χ4v) is 3.78. The van der Waals surface area contributed by atoms with E-state index in [4.69, 9.17) is 9.47 Å². The average molecular weight is 441 g/mol. The molecule has 1 amide bonds. The molecule has 4 rings (SSSR count). The number of aromatic nitrogens is 2. The van der Waals surface area contributed by atoms with E-state index in [9.17, 15) is 18.0 Å². The number of morpholine rings is 1. The van der Waals surface area contributed by atoms with Crippen LogP contribution < -0.4 is 15.4 Å². The molecule has 0 spiro atoms. The number of hydrogen-bond donors (Lipinski definition) is 2. The SMILES string of the molecule is CNc1nc(Nc2ccc(C(=O)N3CC4CC3CO4)c(F)c2OC)ncc1C(F)(F)F. The number of likely N-dealkylation sites (tertiary alicyclic amines) is 1. The van der Waals surface area contributed by atoms with E-state index in [0.717, 1.165) is 6.42 Å². The number of anilines is 3. The molecule has 31 heavy (non-hydrogen) atoms. The molecule has 2 aliphatic heterocycles. The molecule has 0 aliphatic carbocycles. The highest BCUT2D eigenvalue weighted by atomic mass is 19.4. The number of alkyl halides is 3. The molecule has 1 aromatic heterocycles. The van der Waals surface area contributed by atoms with Crippen molar-refractivity contribution in [3.8, 4) is 5.75 Å². The van der Waals surface area contributed by atoms with Crippen LogP contribution in [0.1, 0.15) is 22.3 Å². The third kappa shape index (κ3) is 3.82. The van der Waals surface area contributed by atoms with Crippen LogP contribution in [-0.2, 0) is 10.9 Å². The summed E-state index contributed by atoms with van der Waals surface area (Å²) in [5, 5.41) is 5.00. The second-order valence-electron chi connectivity index (χ2n) is 7.14. The van der Waals surface area contributed by atoms with Crippen LogP contribution in [0.3, 0.4) is 0 Å². The van der Waals surface area contributed by atoms with Gasteiger partial charge in [-0.2, -0.15) is 18.2 Å². The summed E-state index contributed by atoms with van der Waals surface area (Å²) in [6.07, 6.45) is -3.32. The molecule has 2 aliphatic rings. The van der Waals surface area contributed by atoms with Crippen LogP contribution in [0, 0.1) is 5.82 Å². The standard InChI is InChI=1S/C19H19F4N5O3/c1-24-16-12(19(21,22)23)6-25-18(27-16)26-13-4-3-11(14(20)15(13)30-2)17(29)28-7-10-5-9(28)8-31-10/h3-4,6,9-10H,5,7-8H2,1-2H3,(H2,24,25,26,27). The van der Waals surface area contributed by atoms with E-state index < -0.39 is 29.3 Å². The van der Waals surface area contributed by atoms with Crippen molar-refractivity contribution >= 4 is 23.4 Å². The largest absolute Gasteiger partial charge is 0.492 e. The highest BCUT2D eigenvalue weighted by molar-refractivity contribution is 5.96. The molecule has 2 saturated heterocycles. The Morgan fingerprint density at radius 2 is 2.13 bits per heavy atom. The number of ether oxygens (including phenoxy) is 2. The summed E-state index contributed by atoms with van der Waals surface area (Å²) in [4.78, 5) is 21.8. The monoisotopic (exact) mass is 441 g/mol. The van der Waals surface area contributed by atoms with Crippen LogP contribution in [0.4, 0.5) is 35.0 Å². The number of nitrogens with one attached hydrogen (secondary N) is 2. The van der Waals surface area contributed by atoms with Gasteiger partial charge in [0.1, 0.15) is 11.4 Å². The summed E-state index contributed by atoms with van der Waals surface area (Å²) in [7, 11) is 2.51. The summed E-state index contributed by atoms with van der Waals surface area (Å²) in [6, 6.07) is 2.60. The van der Waals surface area contributed by atoms with Crippen LogP contribution in [-0.4, -0.2) is 60.2 Å². The molecule has 2 unspecified atom stereocenters. The Bertz CT molecular complexity index is 1020. The second-order valence-corrected chi connectivity index (χ2v) is 7.14.